The Morgan fingerprint density at radius 2 is 2.21 bits per heavy atom. The van der Waals surface area contributed by atoms with Crippen LogP contribution in [0.15, 0.2) is 27.7 Å². The molecular weight excluding hydrogens is 290 g/mol. The van der Waals surface area contributed by atoms with Crippen molar-refractivity contribution in [2.24, 2.45) is 0 Å². The summed E-state index contributed by atoms with van der Waals surface area (Å²) in [5.41, 5.74) is 0.625. The van der Waals surface area contributed by atoms with Crippen LogP contribution >= 0.6 is 27.5 Å². The number of aromatic amines is 1. The molecule has 1 atom stereocenters. The van der Waals surface area contributed by atoms with E-state index >= 15 is 0 Å². The maximum absolute atomic E-state index is 10.8. The molecule has 1 aromatic heterocycles. The molecule has 3 nitrogen and oxygen atoms in total. The van der Waals surface area contributed by atoms with E-state index in [9.17, 15) is 8.76 Å². The summed E-state index contributed by atoms with van der Waals surface area (Å²) < 4.78 is 22.3. The van der Waals surface area contributed by atoms with Crippen LogP contribution in [0.4, 0.5) is 0 Å². The number of nitrogens with one attached hydrogen (secondary N) is 1. The molecule has 0 aliphatic rings. The van der Waals surface area contributed by atoms with Gasteiger partial charge in [-0.05, 0) is 33.1 Å². The van der Waals surface area contributed by atoms with Crippen molar-refractivity contribution in [3.63, 3.8) is 0 Å². The first-order valence-corrected chi connectivity index (χ1v) is 5.90. The Morgan fingerprint density at radius 1 is 1.50 bits per heavy atom. The lowest BCUT2D eigenvalue weighted by molar-refractivity contribution is 0.538. The van der Waals surface area contributed by atoms with Crippen molar-refractivity contribution in [2.45, 2.75) is 4.90 Å². The minimum atomic E-state index is -2.24. The van der Waals surface area contributed by atoms with Gasteiger partial charge in [-0.3, -0.25) is 4.21 Å². The maximum atomic E-state index is 10.8. The number of benzene rings is 1. The second kappa shape index (κ2) is 3.66. The molecule has 6 heteroatoms. The lowest BCUT2D eigenvalue weighted by atomic mass is 10.2. The van der Waals surface area contributed by atoms with E-state index < -0.39 is 11.1 Å². The number of hydrogen-bond donors (Lipinski definition) is 1. The monoisotopic (exact) mass is 292 g/mol. The quantitative estimate of drug-likeness (QED) is 0.822. The zero-order chi connectivity index (χ0) is 10.3. The molecule has 0 amide bonds. The molecule has 0 aliphatic carbocycles. The van der Waals surface area contributed by atoms with Crippen LogP contribution in [0.1, 0.15) is 0 Å². The van der Waals surface area contributed by atoms with E-state index in [0.29, 0.717) is 15.9 Å². The summed E-state index contributed by atoms with van der Waals surface area (Å²) in [6, 6.07) is 3.42. The van der Waals surface area contributed by atoms with Gasteiger partial charge in [-0.15, -0.1) is 0 Å². The molecule has 0 fully saturated rings. The predicted octanol–water partition coefficient (Wildman–Crippen LogP) is 2.82. The molecule has 0 radical (unpaired) electrons. The van der Waals surface area contributed by atoms with Gasteiger partial charge in [0.05, 0.1) is 15.4 Å². The summed E-state index contributed by atoms with van der Waals surface area (Å²) in [7, 11) is 0. The van der Waals surface area contributed by atoms with Crippen molar-refractivity contribution >= 4 is 49.5 Å². The molecule has 74 valence electrons. The van der Waals surface area contributed by atoms with Crippen LogP contribution in [0.5, 0.6) is 0 Å². The predicted molar refractivity (Wildman–Crippen MR) is 58.2 cm³/mol. The summed E-state index contributed by atoms with van der Waals surface area (Å²) in [6.07, 6.45) is 1.42. The Morgan fingerprint density at radius 3 is 2.86 bits per heavy atom. The van der Waals surface area contributed by atoms with Crippen LogP contribution in [0, 0.1) is 0 Å². The first kappa shape index (κ1) is 10.2. The van der Waals surface area contributed by atoms with Crippen LogP contribution < -0.4 is 0 Å². The molecule has 1 unspecified atom stereocenters. The number of rotatable bonds is 1. The molecular formula is C8H4BrClNO2S-. The van der Waals surface area contributed by atoms with E-state index in [1.54, 1.807) is 12.1 Å². The highest BCUT2D eigenvalue weighted by Crippen LogP contribution is 2.32. The average Bonchev–Trinajstić information content (AvgIpc) is 2.55. The molecule has 0 saturated heterocycles. The van der Waals surface area contributed by atoms with Gasteiger partial charge in [0.15, 0.2) is 0 Å². The third-order valence-electron chi connectivity index (χ3n) is 1.89. The van der Waals surface area contributed by atoms with Crippen molar-refractivity contribution in [1.82, 2.24) is 4.98 Å². The Balaban J connectivity index is 2.83. The van der Waals surface area contributed by atoms with E-state index in [1.165, 1.54) is 6.20 Å². The fraction of sp³-hybridized carbons (Fsp3) is 0. The van der Waals surface area contributed by atoms with Crippen LogP contribution in [-0.2, 0) is 11.1 Å². The lowest BCUT2D eigenvalue weighted by Gasteiger charge is -2.02. The molecule has 0 spiro atoms. The molecule has 0 bridgehead atoms. The first-order chi connectivity index (χ1) is 6.61. The highest BCUT2D eigenvalue weighted by molar-refractivity contribution is 9.10. The summed E-state index contributed by atoms with van der Waals surface area (Å²) in [5, 5.41) is 1.09. The van der Waals surface area contributed by atoms with Crippen molar-refractivity contribution in [3.8, 4) is 0 Å². The zero-order valence-corrected chi connectivity index (χ0v) is 9.87. The molecule has 2 aromatic rings. The molecule has 1 heterocycles. The van der Waals surface area contributed by atoms with Gasteiger partial charge < -0.3 is 9.54 Å². The van der Waals surface area contributed by atoms with E-state index in [1.807, 2.05) is 0 Å². The molecule has 1 N–H and O–H groups in total. The molecule has 0 saturated carbocycles. The molecule has 0 aliphatic heterocycles. The van der Waals surface area contributed by atoms with Gasteiger partial charge in [0.25, 0.3) is 0 Å². The van der Waals surface area contributed by atoms with Gasteiger partial charge in [-0.2, -0.15) is 0 Å². The Bertz CT molecular complexity index is 525. The molecule has 2 rings (SSSR count). The minimum Gasteiger partial charge on any atom is -0.768 e. The third kappa shape index (κ3) is 1.50. The number of halogens is 2. The Labute approximate surface area is 95.9 Å². The summed E-state index contributed by atoms with van der Waals surface area (Å²) in [6.45, 7) is 0. The van der Waals surface area contributed by atoms with E-state index in [2.05, 4.69) is 20.9 Å². The largest absolute Gasteiger partial charge is 0.768 e. The smallest absolute Gasteiger partial charge is 0.0789 e. The van der Waals surface area contributed by atoms with Crippen molar-refractivity contribution < 1.29 is 8.76 Å². The normalized spacial score (nSPS) is 13.4. The van der Waals surface area contributed by atoms with Crippen LogP contribution in [0.25, 0.3) is 10.9 Å². The topological polar surface area (TPSA) is 55.9 Å². The van der Waals surface area contributed by atoms with Gasteiger partial charge >= 0.3 is 0 Å². The van der Waals surface area contributed by atoms with Gasteiger partial charge in [0, 0.05) is 16.1 Å². The van der Waals surface area contributed by atoms with Crippen molar-refractivity contribution in [3.05, 3.63) is 27.8 Å². The van der Waals surface area contributed by atoms with Gasteiger partial charge in [-0.25, -0.2) is 0 Å². The van der Waals surface area contributed by atoms with Gasteiger partial charge in [-0.1, -0.05) is 17.7 Å². The van der Waals surface area contributed by atoms with E-state index in [4.69, 9.17) is 11.6 Å². The van der Waals surface area contributed by atoms with Gasteiger partial charge in [0.2, 0.25) is 0 Å². The van der Waals surface area contributed by atoms with Crippen LogP contribution in [0.2, 0.25) is 5.02 Å². The average molecular weight is 294 g/mol. The summed E-state index contributed by atoms with van der Waals surface area (Å²) in [5.74, 6) is 0. The van der Waals surface area contributed by atoms with Crippen molar-refractivity contribution in [1.29, 1.82) is 0 Å². The first-order valence-electron chi connectivity index (χ1n) is 3.65. The number of fused-ring (bicyclic) bond motifs is 1. The lowest BCUT2D eigenvalue weighted by Crippen LogP contribution is -1.85. The van der Waals surface area contributed by atoms with Gasteiger partial charge in [0.1, 0.15) is 0 Å². The molecule has 1 aromatic carbocycles. The second-order valence-corrected chi connectivity index (χ2v) is 4.81. The minimum absolute atomic E-state index is 0.231. The van der Waals surface area contributed by atoms with Crippen LogP contribution in [0.3, 0.4) is 0 Å². The summed E-state index contributed by atoms with van der Waals surface area (Å²) in [4.78, 5) is 3.05. The highest BCUT2D eigenvalue weighted by Gasteiger charge is 2.09. The standard InChI is InChI=1S/C8H5BrClNO2S/c9-5-2-1-4-6(14(12)13)3-11-8(4)7(5)10/h1-3,11H,(H,12,13)/p-1. The SMILES string of the molecule is O=S([O-])c1c[nH]c2c(Cl)c(Br)ccc12. The number of H-pyrrole nitrogens is 1. The van der Waals surface area contributed by atoms with E-state index in [0.717, 1.165) is 4.47 Å². The van der Waals surface area contributed by atoms with E-state index in [-0.39, 0.29) is 4.90 Å². The van der Waals surface area contributed by atoms with Crippen LogP contribution in [-0.4, -0.2) is 13.7 Å². The Kier molecular flexibility index (Phi) is 2.66. The fourth-order valence-corrected chi connectivity index (χ4v) is 2.31. The highest BCUT2D eigenvalue weighted by atomic mass is 79.9. The Hall–Kier alpha value is -0.360. The third-order valence-corrected chi connectivity index (χ3v) is 3.87. The number of hydrogen-bond acceptors (Lipinski definition) is 2. The number of aromatic nitrogens is 1. The molecule has 14 heavy (non-hydrogen) atoms. The second-order valence-electron chi connectivity index (χ2n) is 2.67. The zero-order valence-electron chi connectivity index (χ0n) is 6.71. The summed E-state index contributed by atoms with van der Waals surface area (Å²) >= 11 is 6.98. The fourth-order valence-electron chi connectivity index (χ4n) is 1.25. The van der Waals surface area contributed by atoms with Crippen molar-refractivity contribution in [2.75, 3.05) is 0 Å². The maximum Gasteiger partial charge on any atom is 0.0789 e.